The summed E-state index contributed by atoms with van der Waals surface area (Å²) >= 11 is 0. The highest BCUT2D eigenvalue weighted by molar-refractivity contribution is 7.92. The number of benzene rings is 2. The minimum absolute atomic E-state index is 0.00551. The lowest BCUT2D eigenvalue weighted by molar-refractivity contribution is -0.116. The van der Waals surface area contributed by atoms with Crippen LogP contribution in [0.1, 0.15) is 12.0 Å². The van der Waals surface area contributed by atoms with Crippen LogP contribution in [0.15, 0.2) is 42.5 Å². The molecule has 0 saturated carbocycles. The summed E-state index contributed by atoms with van der Waals surface area (Å²) in [6, 6.07) is 12.2. The Hall–Kier alpha value is -2.74. The summed E-state index contributed by atoms with van der Waals surface area (Å²) in [5.74, 6) is 0.748. The Morgan fingerprint density at radius 1 is 1.11 bits per heavy atom. The van der Waals surface area contributed by atoms with Gasteiger partial charge >= 0.3 is 0 Å². The fraction of sp³-hybridized carbons (Fsp3) is 0.316. The minimum Gasteiger partial charge on any atom is -0.497 e. The van der Waals surface area contributed by atoms with Gasteiger partial charge in [-0.15, -0.1) is 0 Å². The highest BCUT2D eigenvalue weighted by Crippen LogP contribution is 2.31. The molecule has 0 heterocycles. The second kappa shape index (κ2) is 8.77. The van der Waals surface area contributed by atoms with Crippen LogP contribution in [0.3, 0.4) is 0 Å². The number of sulfonamides is 1. The van der Waals surface area contributed by atoms with Crippen LogP contribution in [-0.2, 0) is 14.8 Å². The summed E-state index contributed by atoms with van der Waals surface area (Å²) in [5.41, 5.74) is 1.88. The van der Waals surface area contributed by atoms with Gasteiger partial charge in [-0.05, 0) is 36.8 Å². The molecule has 7 nitrogen and oxygen atoms in total. The number of amides is 1. The first-order valence-electron chi connectivity index (χ1n) is 8.31. The van der Waals surface area contributed by atoms with Crippen LogP contribution >= 0.6 is 0 Å². The summed E-state index contributed by atoms with van der Waals surface area (Å²) in [7, 11) is -0.575. The van der Waals surface area contributed by atoms with Crippen molar-refractivity contribution in [3.63, 3.8) is 0 Å². The van der Waals surface area contributed by atoms with Crippen LogP contribution in [0.5, 0.6) is 11.5 Å². The topological polar surface area (TPSA) is 84.9 Å². The molecule has 8 heteroatoms. The molecule has 0 radical (unpaired) electrons. The van der Waals surface area contributed by atoms with E-state index >= 15 is 0 Å². The maximum Gasteiger partial charge on any atom is 0.232 e. The van der Waals surface area contributed by atoms with Crippen LogP contribution in [0.4, 0.5) is 11.4 Å². The summed E-state index contributed by atoms with van der Waals surface area (Å²) in [5, 5.41) is 2.74. The van der Waals surface area contributed by atoms with E-state index in [1.54, 1.807) is 43.5 Å². The molecule has 0 aliphatic heterocycles. The number of aryl methyl sites for hydroxylation is 1. The van der Waals surface area contributed by atoms with Crippen molar-refractivity contribution in [1.29, 1.82) is 0 Å². The third-order valence-electron chi connectivity index (χ3n) is 3.90. The number of rotatable bonds is 8. The number of carbonyl (C=O) groups excluding carboxylic acids is 1. The van der Waals surface area contributed by atoms with E-state index in [0.717, 1.165) is 11.8 Å². The van der Waals surface area contributed by atoms with Gasteiger partial charge in [0.25, 0.3) is 0 Å². The van der Waals surface area contributed by atoms with E-state index in [9.17, 15) is 13.2 Å². The Bertz CT molecular complexity index is 912. The predicted molar refractivity (Wildman–Crippen MR) is 106 cm³/mol. The van der Waals surface area contributed by atoms with E-state index in [1.807, 2.05) is 13.0 Å². The van der Waals surface area contributed by atoms with Crippen LogP contribution in [0.2, 0.25) is 0 Å². The lowest BCUT2D eigenvalue weighted by atomic mass is 10.2. The third-order valence-corrected chi connectivity index (χ3v) is 5.08. The first kappa shape index (κ1) is 20.6. The zero-order valence-corrected chi connectivity index (χ0v) is 16.7. The number of methoxy groups -OCH3 is 2. The van der Waals surface area contributed by atoms with Gasteiger partial charge in [-0.1, -0.05) is 12.1 Å². The number of carbonyl (C=O) groups is 1. The lowest BCUT2D eigenvalue weighted by Gasteiger charge is -2.24. The average Bonchev–Trinajstić information content (AvgIpc) is 2.61. The molecule has 0 unspecified atom stereocenters. The van der Waals surface area contributed by atoms with Crippen molar-refractivity contribution >= 4 is 27.3 Å². The molecule has 0 bridgehead atoms. The molecule has 2 rings (SSSR count). The molecule has 0 aliphatic carbocycles. The highest BCUT2D eigenvalue weighted by Gasteiger charge is 2.22. The van der Waals surface area contributed by atoms with E-state index in [0.29, 0.717) is 22.9 Å². The van der Waals surface area contributed by atoms with Crippen molar-refractivity contribution in [1.82, 2.24) is 0 Å². The van der Waals surface area contributed by atoms with Gasteiger partial charge in [-0.2, -0.15) is 0 Å². The molecular weight excluding hydrogens is 368 g/mol. The molecule has 1 amide bonds. The van der Waals surface area contributed by atoms with Crippen molar-refractivity contribution in [2.24, 2.45) is 0 Å². The zero-order valence-electron chi connectivity index (χ0n) is 15.9. The second-order valence-corrected chi connectivity index (χ2v) is 7.95. The monoisotopic (exact) mass is 392 g/mol. The van der Waals surface area contributed by atoms with Gasteiger partial charge in [0.2, 0.25) is 15.9 Å². The van der Waals surface area contributed by atoms with Crippen LogP contribution in [-0.4, -0.2) is 41.3 Å². The Morgan fingerprint density at radius 2 is 1.85 bits per heavy atom. The zero-order chi connectivity index (χ0) is 20.0. The largest absolute Gasteiger partial charge is 0.497 e. The predicted octanol–water partition coefficient (Wildman–Crippen LogP) is 2.81. The number of nitrogens with zero attached hydrogens (tertiary/aromatic N) is 1. The van der Waals surface area contributed by atoms with Gasteiger partial charge in [-0.3, -0.25) is 9.10 Å². The first-order chi connectivity index (χ1) is 12.7. The molecule has 0 spiro atoms. The number of ether oxygens (including phenoxy) is 2. The minimum atomic E-state index is -3.59. The van der Waals surface area contributed by atoms with Crippen LogP contribution < -0.4 is 19.1 Å². The molecule has 0 aliphatic rings. The third kappa shape index (κ3) is 5.62. The number of hydrogen-bond donors (Lipinski definition) is 1. The molecule has 0 aromatic heterocycles. The van der Waals surface area contributed by atoms with Gasteiger partial charge in [0.05, 0.1) is 26.2 Å². The quantitative estimate of drug-likeness (QED) is 0.747. The number of hydrogen-bond acceptors (Lipinski definition) is 5. The molecule has 27 heavy (non-hydrogen) atoms. The summed E-state index contributed by atoms with van der Waals surface area (Å²) < 4.78 is 36.2. The smallest absolute Gasteiger partial charge is 0.232 e. The maximum atomic E-state index is 12.3. The Kier molecular flexibility index (Phi) is 6.68. The van der Waals surface area contributed by atoms with E-state index < -0.39 is 10.0 Å². The summed E-state index contributed by atoms with van der Waals surface area (Å²) in [4.78, 5) is 12.3. The van der Waals surface area contributed by atoms with Crippen LogP contribution in [0.25, 0.3) is 0 Å². The summed E-state index contributed by atoms with van der Waals surface area (Å²) in [6.07, 6.45) is 1.09. The van der Waals surface area contributed by atoms with E-state index in [1.165, 1.54) is 11.4 Å². The SMILES string of the molecule is COc1cccc(NC(=O)CCN(c2cc(C)ccc2OC)S(C)(=O)=O)c1. The van der Waals surface area contributed by atoms with Crippen molar-refractivity contribution < 1.29 is 22.7 Å². The summed E-state index contributed by atoms with van der Waals surface area (Å²) in [6.45, 7) is 1.85. The Morgan fingerprint density at radius 3 is 2.48 bits per heavy atom. The first-order valence-corrected chi connectivity index (χ1v) is 10.2. The van der Waals surface area contributed by atoms with Gasteiger partial charge in [0, 0.05) is 24.7 Å². The van der Waals surface area contributed by atoms with Crippen LogP contribution in [0, 0.1) is 6.92 Å². The van der Waals surface area contributed by atoms with Gasteiger partial charge < -0.3 is 14.8 Å². The Balaban J connectivity index is 2.16. The Labute approximate surface area is 160 Å². The normalized spacial score (nSPS) is 11.0. The standard InChI is InChI=1S/C19H24N2O5S/c1-14-8-9-18(26-3)17(12-14)21(27(4,23)24)11-10-19(22)20-15-6-5-7-16(13-15)25-2/h5-9,12-13H,10-11H2,1-4H3,(H,20,22). The fourth-order valence-electron chi connectivity index (χ4n) is 2.59. The van der Waals surface area contributed by atoms with Crippen molar-refractivity contribution in [3.05, 3.63) is 48.0 Å². The second-order valence-electron chi connectivity index (χ2n) is 6.04. The molecule has 0 atom stereocenters. The van der Waals surface area contributed by atoms with Crippen molar-refractivity contribution in [3.8, 4) is 11.5 Å². The average molecular weight is 392 g/mol. The molecule has 0 saturated heterocycles. The molecular formula is C19H24N2O5S. The van der Waals surface area contributed by atoms with Crippen molar-refractivity contribution in [2.75, 3.05) is 36.6 Å². The van der Waals surface area contributed by atoms with Crippen molar-refractivity contribution in [2.45, 2.75) is 13.3 Å². The van der Waals surface area contributed by atoms with Gasteiger partial charge in [0.1, 0.15) is 11.5 Å². The van der Waals surface area contributed by atoms with Gasteiger partial charge in [-0.25, -0.2) is 8.42 Å². The maximum absolute atomic E-state index is 12.3. The van der Waals surface area contributed by atoms with Gasteiger partial charge in [0.15, 0.2) is 0 Å². The molecule has 0 fully saturated rings. The lowest BCUT2D eigenvalue weighted by Crippen LogP contribution is -2.33. The van der Waals surface area contributed by atoms with E-state index in [-0.39, 0.29) is 18.9 Å². The number of anilines is 2. The fourth-order valence-corrected chi connectivity index (χ4v) is 3.51. The van der Waals surface area contributed by atoms with E-state index in [4.69, 9.17) is 9.47 Å². The number of nitrogens with one attached hydrogen (secondary N) is 1. The molecule has 1 N–H and O–H groups in total. The molecule has 2 aromatic rings. The molecule has 2 aromatic carbocycles. The van der Waals surface area contributed by atoms with E-state index in [2.05, 4.69) is 5.32 Å². The highest BCUT2D eigenvalue weighted by atomic mass is 32.2. The molecule has 146 valence electrons.